The Kier molecular flexibility index (Phi) is 9.82. The summed E-state index contributed by atoms with van der Waals surface area (Å²) in [5.41, 5.74) is 0. The SMILES string of the molecule is CCCCCCCC(=O)N(CC(=O)OCC(F)(F)F)C(=O)C(F)(F)C(F)(F)F. The molecule has 0 saturated heterocycles. The lowest BCUT2D eigenvalue weighted by atomic mass is 10.1. The Labute approximate surface area is 155 Å². The number of hydrogen-bond donors (Lipinski definition) is 0. The number of carbonyl (C=O) groups excluding carboxylic acids is 3. The van der Waals surface area contributed by atoms with E-state index in [1.54, 1.807) is 0 Å². The monoisotopic (exact) mass is 429 g/mol. The number of ether oxygens (including phenoxy) is 1. The zero-order valence-electron chi connectivity index (χ0n) is 14.8. The van der Waals surface area contributed by atoms with Gasteiger partial charge in [-0.3, -0.25) is 19.3 Å². The number of alkyl halides is 8. The van der Waals surface area contributed by atoms with Crippen molar-refractivity contribution in [3.8, 4) is 0 Å². The Hall–Kier alpha value is -1.95. The van der Waals surface area contributed by atoms with Gasteiger partial charge in [0.1, 0.15) is 6.54 Å². The number of halogens is 8. The Bertz CT molecular complexity index is 545. The molecule has 0 heterocycles. The lowest BCUT2D eigenvalue weighted by Crippen LogP contribution is -2.55. The number of unbranched alkanes of at least 4 members (excludes halogenated alkanes) is 4. The summed E-state index contributed by atoms with van der Waals surface area (Å²) in [6.07, 6.45) is -9.36. The minimum Gasteiger partial charge on any atom is -0.455 e. The van der Waals surface area contributed by atoms with Crippen molar-refractivity contribution < 1.29 is 54.2 Å². The second-order valence-electron chi connectivity index (χ2n) is 5.80. The summed E-state index contributed by atoms with van der Waals surface area (Å²) in [4.78, 5) is 34.0. The van der Waals surface area contributed by atoms with Crippen molar-refractivity contribution in [2.75, 3.05) is 13.2 Å². The summed E-state index contributed by atoms with van der Waals surface area (Å²) in [5.74, 6) is -12.6. The normalized spacial score (nSPS) is 12.6. The van der Waals surface area contributed by atoms with Gasteiger partial charge in [0.2, 0.25) is 5.91 Å². The van der Waals surface area contributed by atoms with E-state index in [9.17, 15) is 49.5 Å². The van der Waals surface area contributed by atoms with Crippen LogP contribution in [0.2, 0.25) is 0 Å². The van der Waals surface area contributed by atoms with E-state index in [0.717, 1.165) is 12.8 Å². The molecule has 0 aromatic rings. The van der Waals surface area contributed by atoms with Crippen LogP contribution in [0.25, 0.3) is 0 Å². The van der Waals surface area contributed by atoms with Crippen LogP contribution in [-0.4, -0.2) is 54.1 Å². The summed E-state index contributed by atoms with van der Waals surface area (Å²) >= 11 is 0. The van der Waals surface area contributed by atoms with Crippen LogP contribution in [0.1, 0.15) is 45.4 Å². The average Bonchev–Trinajstić information content (AvgIpc) is 2.55. The maximum atomic E-state index is 13.2. The molecule has 0 saturated carbocycles. The summed E-state index contributed by atoms with van der Waals surface area (Å²) in [6.45, 7) is -2.08. The molecular weight excluding hydrogens is 410 g/mol. The van der Waals surface area contributed by atoms with Crippen molar-refractivity contribution in [3.05, 3.63) is 0 Å². The van der Waals surface area contributed by atoms with Crippen LogP contribution in [0.5, 0.6) is 0 Å². The first-order valence-electron chi connectivity index (χ1n) is 8.15. The van der Waals surface area contributed by atoms with Crippen LogP contribution >= 0.6 is 0 Å². The van der Waals surface area contributed by atoms with E-state index in [1.807, 2.05) is 6.92 Å². The fraction of sp³-hybridized carbons (Fsp3) is 0.800. The van der Waals surface area contributed by atoms with Crippen molar-refractivity contribution >= 4 is 17.8 Å². The highest BCUT2D eigenvalue weighted by molar-refractivity contribution is 6.01. The van der Waals surface area contributed by atoms with E-state index in [4.69, 9.17) is 0 Å². The number of nitrogens with zero attached hydrogens (tertiary/aromatic N) is 1. The van der Waals surface area contributed by atoms with E-state index in [1.165, 1.54) is 0 Å². The highest BCUT2D eigenvalue weighted by Crippen LogP contribution is 2.37. The number of rotatable bonds is 10. The van der Waals surface area contributed by atoms with Gasteiger partial charge in [0.05, 0.1) is 0 Å². The van der Waals surface area contributed by atoms with Crippen LogP contribution in [0, 0.1) is 0 Å². The predicted molar refractivity (Wildman–Crippen MR) is 78.1 cm³/mol. The predicted octanol–water partition coefficient (Wildman–Crippen LogP) is 4.01. The average molecular weight is 429 g/mol. The van der Waals surface area contributed by atoms with Gasteiger partial charge in [-0.05, 0) is 6.42 Å². The largest absolute Gasteiger partial charge is 0.463 e. The molecule has 164 valence electrons. The maximum absolute atomic E-state index is 13.2. The van der Waals surface area contributed by atoms with Gasteiger partial charge in [-0.15, -0.1) is 0 Å². The molecule has 0 unspecified atom stereocenters. The topological polar surface area (TPSA) is 63.7 Å². The van der Waals surface area contributed by atoms with Crippen LogP contribution < -0.4 is 0 Å². The molecule has 0 aromatic heterocycles. The molecule has 2 amide bonds. The molecule has 5 nitrogen and oxygen atoms in total. The van der Waals surface area contributed by atoms with Crippen LogP contribution in [0.3, 0.4) is 0 Å². The van der Waals surface area contributed by atoms with Crippen molar-refractivity contribution in [1.29, 1.82) is 0 Å². The van der Waals surface area contributed by atoms with E-state index in [0.29, 0.717) is 12.8 Å². The fourth-order valence-corrected chi connectivity index (χ4v) is 1.92. The Balaban J connectivity index is 5.23. The molecule has 0 aliphatic heterocycles. The van der Waals surface area contributed by atoms with Gasteiger partial charge in [-0.1, -0.05) is 32.6 Å². The van der Waals surface area contributed by atoms with Crippen molar-refractivity contribution in [3.63, 3.8) is 0 Å². The molecule has 0 spiro atoms. The van der Waals surface area contributed by atoms with Gasteiger partial charge in [0.25, 0.3) is 0 Å². The summed E-state index contributed by atoms with van der Waals surface area (Å²) in [6, 6.07) is 0. The first kappa shape index (κ1) is 26.1. The van der Waals surface area contributed by atoms with Gasteiger partial charge in [-0.2, -0.15) is 35.1 Å². The van der Waals surface area contributed by atoms with Crippen molar-refractivity contribution in [1.82, 2.24) is 4.90 Å². The van der Waals surface area contributed by atoms with Gasteiger partial charge < -0.3 is 4.74 Å². The fourth-order valence-electron chi connectivity index (χ4n) is 1.92. The summed E-state index contributed by atoms with van der Waals surface area (Å²) < 4.78 is 103. The quantitative estimate of drug-likeness (QED) is 0.299. The lowest BCUT2D eigenvalue weighted by Gasteiger charge is -2.26. The van der Waals surface area contributed by atoms with Gasteiger partial charge in [-0.25, -0.2) is 0 Å². The minimum atomic E-state index is -6.36. The second-order valence-corrected chi connectivity index (χ2v) is 5.80. The molecule has 0 aliphatic carbocycles. The lowest BCUT2D eigenvalue weighted by molar-refractivity contribution is -0.273. The third-order valence-corrected chi connectivity index (χ3v) is 3.35. The highest BCUT2D eigenvalue weighted by Gasteiger charge is 2.65. The molecule has 0 N–H and O–H groups in total. The van der Waals surface area contributed by atoms with Crippen molar-refractivity contribution in [2.45, 2.75) is 63.7 Å². The minimum absolute atomic E-state index is 0.0256. The van der Waals surface area contributed by atoms with Crippen LogP contribution in [-0.2, 0) is 19.1 Å². The van der Waals surface area contributed by atoms with E-state index >= 15 is 0 Å². The highest BCUT2D eigenvalue weighted by atomic mass is 19.4. The van der Waals surface area contributed by atoms with E-state index in [2.05, 4.69) is 4.74 Å². The first-order valence-corrected chi connectivity index (χ1v) is 8.15. The molecule has 0 atom stereocenters. The van der Waals surface area contributed by atoms with E-state index in [-0.39, 0.29) is 6.42 Å². The molecule has 0 bridgehead atoms. The molecular formula is C15H19F8NO4. The molecule has 13 heteroatoms. The van der Waals surface area contributed by atoms with E-state index < -0.39 is 60.5 Å². The van der Waals surface area contributed by atoms with Gasteiger partial charge in [0, 0.05) is 6.42 Å². The number of esters is 1. The second kappa shape index (κ2) is 10.6. The van der Waals surface area contributed by atoms with Gasteiger partial charge in [0.15, 0.2) is 6.61 Å². The third kappa shape index (κ3) is 8.83. The molecule has 0 aliphatic rings. The number of amides is 2. The Morgan fingerprint density at radius 2 is 1.39 bits per heavy atom. The number of carbonyl (C=O) groups is 3. The molecule has 0 fully saturated rings. The molecule has 28 heavy (non-hydrogen) atoms. The maximum Gasteiger partial charge on any atom is 0.463 e. The molecule has 0 rings (SSSR count). The Morgan fingerprint density at radius 3 is 1.86 bits per heavy atom. The zero-order valence-corrected chi connectivity index (χ0v) is 14.8. The number of imide groups is 1. The van der Waals surface area contributed by atoms with Gasteiger partial charge >= 0.3 is 30.2 Å². The van der Waals surface area contributed by atoms with Crippen molar-refractivity contribution in [2.24, 2.45) is 0 Å². The zero-order chi connectivity index (χ0) is 22.2. The number of hydrogen-bond acceptors (Lipinski definition) is 4. The molecule has 0 radical (unpaired) electrons. The smallest absolute Gasteiger partial charge is 0.455 e. The molecule has 0 aromatic carbocycles. The Morgan fingerprint density at radius 1 is 0.857 bits per heavy atom. The summed E-state index contributed by atoms with van der Waals surface area (Å²) in [5, 5.41) is 0. The third-order valence-electron chi connectivity index (χ3n) is 3.35. The van der Waals surface area contributed by atoms with Crippen LogP contribution in [0.4, 0.5) is 35.1 Å². The first-order chi connectivity index (χ1) is 12.6. The van der Waals surface area contributed by atoms with Crippen LogP contribution in [0.15, 0.2) is 0 Å². The standard InChI is InChI=1S/C15H19F8NO4/c1-2-3-4-5-6-7-10(25)24(8-11(26)28-9-13(16,17)18)12(27)14(19,20)15(21,22)23/h2-9H2,1H3. The summed E-state index contributed by atoms with van der Waals surface area (Å²) in [7, 11) is 0.